The van der Waals surface area contributed by atoms with Crippen molar-refractivity contribution in [2.24, 2.45) is 7.05 Å². The van der Waals surface area contributed by atoms with Crippen molar-refractivity contribution in [3.8, 4) is 0 Å². The Kier molecular flexibility index (Phi) is 3.97. The highest BCUT2D eigenvalue weighted by Crippen LogP contribution is 2.17. The second kappa shape index (κ2) is 5.70. The summed E-state index contributed by atoms with van der Waals surface area (Å²) in [5, 5.41) is 17.3. The Morgan fingerprint density at radius 2 is 2.24 bits per heavy atom. The lowest BCUT2D eigenvalue weighted by molar-refractivity contribution is -0.384. The molecule has 1 aromatic heterocycles. The lowest BCUT2D eigenvalue weighted by Crippen LogP contribution is -2.24. The normalized spacial score (nSPS) is 10.4. The van der Waals surface area contributed by atoms with Crippen molar-refractivity contribution < 1.29 is 14.1 Å². The summed E-state index contributed by atoms with van der Waals surface area (Å²) in [5.74, 6) is -1.51. The molecule has 7 nitrogen and oxygen atoms in total. The topological polar surface area (TPSA) is 90.1 Å². The van der Waals surface area contributed by atoms with E-state index in [-0.39, 0.29) is 17.8 Å². The maximum Gasteiger partial charge on any atom is 0.270 e. The number of amides is 1. The molecule has 1 N–H and O–H groups in total. The number of halogens is 1. The van der Waals surface area contributed by atoms with Crippen LogP contribution in [0.4, 0.5) is 10.1 Å². The van der Waals surface area contributed by atoms with Crippen LogP contribution in [0.3, 0.4) is 0 Å². The maximum atomic E-state index is 13.6. The van der Waals surface area contributed by atoms with Gasteiger partial charge >= 0.3 is 0 Å². The van der Waals surface area contributed by atoms with Crippen molar-refractivity contribution in [1.82, 2.24) is 15.1 Å². The average molecular weight is 292 g/mol. The zero-order valence-electron chi connectivity index (χ0n) is 11.5. The van der Waals surface area contributed by atoms with Crippen LogP contribution in [0.1, 0.15) is 21.6 Å². The Bertz CT molecular complexity index is 711. The van der Waals surface area contributed by atoms with Gasteiger partial charge < -0.3 is 5.32 Å². The van der Waals surface area contributed by atoms with E-state index in [0.29, 0.717) is 0 Å². The Balaban J connectivity index is 2.15. The van der Waals surface area contributed by atoms with Gasteiger partial charge in [0.25, 0.3) is 11.6 Å². The van der Waals surface area contributed by atoms with Crippen molar-refractivity contribution in [2.45, 2.75) is 13.5 Å². The first-order valence-corrected chi connectivity index (χ1v) is 6.09. The molecule has 2 rings (SSSR count). The number of non-ortho nitro benzene ring substituents is 1. The SMILES string of the molecule is Cc1nn(C)cc1CNC(=O)c1cc([N+](=O)[O-])ccc1F. The largest absolute Gasteiger partial charge is 0.348 e. The van der Waals surface area contributed by atoms with Crippen molar-refractivity contribution in [3.05, 3.63) is 57.1 Å². The summed E-state index contributed by atoms with van der Waals surface area (Å²) in [6.07, 6.45) is 1.74. The van der Waals surface area contributed by atoms with E-state index >= 15 is 0 Å². The molecule has 0 fully saturated rings. The van der Waals surface area contributed by atoms with Crippen LogP contribution in [-0.4, -0.2) is 20.6 Å². The van der Waals surface area contributed by atoms with E-state index in [1.165, 1.54) is 0 Å². The molecule has 21 heavy (non-hydrogen) atoms. The molecule has 0 atom stereocenters. The highest BCUT2D eigenvalue weighted by atomic mass is 19.1. The molecule has 0 aliphatic carbocycles. The first-order chi connectivity index (χ1) is 9.88. The van der Waals surface area contributed by atoms with Crippen LogP contribution in [0.25, 0.3) is 0 Å². The second-order valence-corrected chi connectivity index (χ2v) is 4.52. The quantitative estimate of drug-likeness (QED) is 0.686. The summed E-state index contributed by atoms with van der Waals surface area (Å²) >= 11 is 0. The number of hydrogen-bond donors (Lipinski definition) is 1. The molecular weight excluding hydrogens is 279 g/mol. The van der Waals surface area contributed by atoms with Gasteiger partial charge in [-0.15, -0.1) is 0 Å². The fourth-order valence-electron chi connectivity index (χ4n) is 1.89. The number of nitrogens with zero attached hydrogens (tertiary/aromatic N) is 3. The van der Waals surface area contributed by atoms with Gasteiger partial charge in [0.2, 0.25) is 0 Å². The minimum absolute atomic E-state index is 0.167. The number of rotatable bonds is 4. The Hall–Kier alpha value is -2.77. The predicted octanol–water partition coefficient (Wildman–Crippen LogP) is 1.71. The average Bonchev–Trinajstić information content (AvgIpc) is 2.74. The van der Waals surface area contributed by atoms with Gasteiger partial charge in [0.1, 0.15) is 5.82 Å². The van der Waals surface area contributed by atoms with Gasteiger partial charge in [-0.25, -0.2) is 4.39 Å². The molecule has 0 unspecified atom stereocenters. The monoisotopic (exact) mass is 292 g/mol. The summed E-state index contributed by atoms with van der Waals surface area (Å²) in [4.78, 5) is 21.9. The van der Waals surface area contributed by atoms with Crippen molar-refractivity contribution >= 4 is 11.6 Å². The third-order valence-corrected chi connectivity index (χ3v) is 2.96. The predicted molar refractivity (Wildman–Crippen MR) is 72.2 cm³/mol. The van der Waals surface area contributed by atoms with Crippen LogP contribution in [0.2, 0.25) is 0 Å². The molecule has 2 aromatic rings. The van der Waals surface area contributed by atoms with E-state index in [9.17, 15) is 19.3 Å². The summed E-state index contributed by atoms with van der Waals surface area (Å²) in [6.45, 7) is 1.95. The van der Waals surface area contributed by atoms with Gasteiger partial charge in [-0.05, 0) is 13.0 Å². The Labute approximate surface area is 119 Å². The molecular formula is C13H13FN4O3. The van der Waals surface area contributed by atoms with E-state index in [1.807, 2.05) is 0 Å². The maximum absolute atomic E-state index is 13.6. The number of carbonyl (C=O) groups excluding carboxylic acids is 1. The molecule has 0 spiro atoms. The molecule has 1 heterocycles. The number of nitrogens with one attached hydrogen (secondary N) is 1. The standard InChI is InChI=1S/C13H13FN4O3/c1-8-9(7-17(2)16-8)6-15-13(19)11-5-10(18(20)21)3-4-12(11)14/h3-5,7H,6H2,1-2H3,(H,15,19). The number of nitro groups is 1. The van der Waals surface area contributed by atoms with Crippen LogP contribution in [0.15, 0.2) is 24.4 Å². The van der Waals surface area contributed by atoms with E-state index in [2.05, 4.69) is 10.4 Å². The number of nitro benzene ring substituents is 1. The Morgan fingerprint density at radius 1 is 1.52 bits per heavy atom. The third kappa shape index (κ3) is 3.22. The van der Waals surface area contributed by atoms with Crippen LogP contribution in [0.5, 0.6) is 0 Å². The van der Waals surface area contributed by atoms with Gasteiger partial charge in [0.05, 0.1) is 16.2 Å². The zero-order chi connectivity index (χ0) is 15.6. The van der Waals surface area contributed by atoms with E-state index in [1.54, 1.807) is 24.9 Å². The molecule has 110 valence electrons. The highest BCUT2D eigenvalue weighted by Gasteiger charge is 2.17. The Morgan fingerprint density at radius 3 is 2.81 bits per heavy atom. The first-order valence-electron chi connectivity index (χ1n) is 6.09. The third-order valence-electron chi connectivity index (χ3n) is 2.96. The highest BCUT2D eigenvalue weighted by molar-refractivity contribution is 5.95. The first kappa shape index (κ1) is 14.6. The smallest absolute Gasteiger partial charge is 0.270 e. The van der Waals surface area contributed by atoms with Crippen molar-refractivity contribution in [3.63, 3.8) is 0 Å². The fourth-order valence-corrected chi connectivity index (χ4v) is 1.89. The lowest BCUT2D eigenvalue weighted by atomic mass is 10.1. The molecule has 0 saturated heterocycles. The molecule has 1 amide bonds. The molecule has 0 saturated carbocycles. The summed E-state index contributed by atoms with van der Waals surface area (Å²) in [7, 11) is 1.75. The zero-order valence-corrected chi connectivity index (χ0v) is 11.5. The van der Waals surface area contributed by atoms with Gasteiger partial charge in [0, 0.05) is 37.5 Å². The van der Waals surface area contributed by atoms with Crippen LogP contribution in [-0.2, 0) is 13.6 Å². The van der Waals surface area contributed by atoms with E-state index in [4.69, 9.17) is 0 Å². The van der Waals surface area contributed by atoms with Gasteiger partial charge in [0.15, 0.2) is 0 Å². The van der Waals surface area contributed by atoms with Crippen molar-refractivity contribution in [2.75, 3.05) is 0 Å². The van der Waals surface area contributed by atoms with Crippen LogP contribution < -0.4 is 5.32 Å². The van der Waals surface area contributed by atoms with Crippen molar-refractivity contribution in [1.29, 1.82) is 0 Å². The minimum atomic E-state index is -0.805. The summed E-state index contributed by atoms with van der Waals surface area (Å²) in [5.41, 5.74) is 0.846. The number of aromatic nitrogens is 2. The molecule has 1 aromatic carbocycles. The molecule has 0 aliphatic rings. The molecule has 0 radical (unpaired) electrons. The lowest BCUT2D eigenvalue weighted by Gasteiger charge is -2.05. The number of benzene rings is 1. The molecule has 8 heteroatoms. The van der Waals surface area contributed by atoms with E-state index in [0.717, 1.165) is 29.5 Å². The van der Waals surface area contributed by atoms with Gasteiger partial charge in [-0.2, -0.15) is 5.10 Å². The molecule has 0 bridgehead atoms. The summed E-state index contributed by atoms with van der Waals surface area (Å²) in [6, 6.07) is 2.83. The van der Waals surface area contributed by atoms with Gasteiger partial charge in [-0.3, -0.25) is 19.6 Å². The van der Waals surface area contributed by atoms with E-state index < -0.39 is 16.6 Å². The molecule has 0 aliphatic heterocycles. The number of hydrogen-bond acceptors (Lipinski definition) is 4. The number of aryl methyl sites for hydroxylation is 2. The second-order valence-electron chi connectivity index (χ2n) is 4.52. The summed E-state index contributed by atoms with van der Waals surface area (Å²) < 4.78 is 15.2. The van der Waals surface area contributed by atoms with Gasteiger partial charge in [-0.1, -0.05) is 0 Å². The minimum Gasteiger partial charge on any atom is -0.348 e. The number of carbonyl (C=O) groups is 1. The van der Waals surface area contributed by atoms with Crippen LogP contribution >= 0.6 is 0 Å². The fraction of sp³-hybridized carbons (Fsp3) is 0.231. The van der Waals surface area contributed by atoms with Crippen LogP contribution in [0, 0.1) is 22.9 Å².